The molecule has 1 fully saturated rings. The Hall–Kier alpha value is -2.68. The van der Waals surface area contributed by atoms with E-state index in [0.29, 0.717) is 18.8 Å². The van der Waals surface area contributed by atoms with E-state index in [-0.39, 0.29) is 23.9 Å². The zero-order chi connectivity index (χ0) is 23.0. The molecule has 1 saturated heterocycles. The fourth-order valence-electron chi connectivity index (χ4n) is 3.60. The van der Waals surface area contributed by atoms with Crippen LogP contribution in [0.4, 0.5) is 0 Å². The third kappa shape index (κ3) is 6.18. The minimum absolute atomic E-state index is 0.154. The van der Waals surface area contributed by atoms with Crippen LogP contribution in [0.1, 0.15) is 12.5 Å². The lowest BCUT2D eigenvalue weighted by Gasteiger charge is -2.35. The van der Waals surface area contributed by atoms with Crippen molar-refractivity contribution in [3.8, 4) is 5.75 Å². The number of piperazine rings is 1. The van der Waals surface area contributed by atoms with E-state index in [4.69, 9.17) is 4.74 Å². The summed E-state index contributed by atoms with van der Waals surface area (Å²) in [5.74, 6) is 0.419. The van der Waals surface area contributed by atoms with E-state index in [1.165, 1.54) is 29.1 Å². The molecule has 32 heavy (non-hydrogen) atoms. The predicted molar refractivity (Wildman–Crippen MR) is 126 cm³/mol. The van der Waals surface area contributed by atoms with Crippen LogP contribution < -0.4 is 4.74 Å². The van der Waals surface area contributed by atoms with Crippen LogP contribution in [0, 0.1) is 0 Å². The molecule has 8 heteroatoms. The number of ether oxygens (including phenoxy) is 1. The molecule has 0 atom stereocenters. The molecule has 0 unspecified atom stereocenters. The first-order valence-corrected chi connectivity index (χ1v) is 12.2. The standard InChI is InChI=1S/C24H31N3O4S/c1-3-27(32(29,30)23-13-11-22(31-2)12-14-23)20-24(28)26-18-16-25(17-19-26)15-7-10-21-8-5-4-6-9-21/h4-14H,3,15-20H2,1-2H3/b10-7+. The Morgan fingerprint density at radius 1 is 1.03 bits per heavy atom. The lowest BCUT2D eigenvalue weighted by atomic mass is 10.2. The molecule has 1 aliphatic rings. The van der Waals surface area contributed by atoms with Gasteiger partial charge in [0.1, 0.15) is 5.75 Å². The zero-order valence-electron chi connectivity index (χ0n) is 18.7. The Balaban J connectivity index is 1.52. The van der Waals surface area contributed by atoms with Crippen LogP contribution in [0.15, 0.2) is 65.6 Å². The number of hydrogen-bond acceptors (Lipinski definition) is 5. The highest BCUT2D eigenvalue weighted by atomic mass is 32.2. The lowest BCUT2D eigenvalue weighted by Crippen LogP contribution is -2.51. The maximum atomic E-state index is 13.0. The van der Waals surface area contributed by atoms with Gasteiger partial charge in [-0.2, -0.15) is 4.31 Å². The maximum absolute atomic E-state index is 13.0. The second-order valence-corrected chi connectivity index (χ2v) is 9.54. The van der Waals surface area contributed by atoms with Gasteiger partial charge < -0.3 is 9.64 Å². The zero-order valence-corrected chi connectivity index (χ0v) is 19.5. The van der Waals surface area contributed by atoms with Crippen molar-refractivity contribution in [3.05, 3.63) is 66.2 Å². The van der Waals surface area contributed by atoms with Gasteiger partial charge >= 0.3 is 0 Å². The van der Waals surface area contributed by atoms with E-state index in [9.17, 15) is 13.2 Å². The number of carbonyl (C=O) groups is 1. The van der Waals surface area contributed by atoms with E-state index in [2.05, 4.69) is 29.2 Å². The number of methoxy groups -OCH3 is 1. The second kappa shape index (κ2) is 11.3. The average Bonchev–Trinajstić information content (AvgIpc) is 2.83. The van der Waals surface area contributed by atoms with Crippen molar-refractivity contribution in [2.24, 2.45) is 0 Å². The van der Waals surface area contributed by atoms with E-state index in [0.717, 1.165) is 19.6 Å². The molecule has 0 N–H and O–H groups in total. The Morgan fingerprint density at radius 2 is 1.69 bits per heavy atom. The quantitative estimate of drug-likeness (QED) is 0.579. The van der Waals surface area contributed by atoms with Gasteiger partial charge in [-0.05, 0) is 29.8 Å². The molecule has 172 valence electrons. The van der Waals surface area contributed by atoms with Crippen molar-refractivity contribution in [2.75, 3.05) is 52.9 Å². The third-order valence-electron chi connectivity index (χ3n) is 5.56. The molecule has 2 aromatic carbocycles. The van der Waals surface area contributed by atoms with Crippen LogP contribution in [0.25, 0.3) is 6.08 Å². The number of carbonyl (C=O) groups excluding carboxylic acids is 1. The summed E-state index contributed by atoms with van der Waals surface area (Å²) >= 11 is 0. The van der Waals surface area contributed by atoms with Gasteiger partial charge in [0.05, 0.1) is 18.6 Å². The summed E-state index contributed by atoms with van der Waals surface area (Å²) in [5.41, 5.74) is 1.17. The Kier molecular flexibility index (Phi) is 8.44. The van der Waals surface area contributed by atoms with Crippen LogP contribution in [0.2, 0.25) is 0 Å². The van der Waals surface area contributed by atoms with Gasteiger partial charge in [0.25, 0.3) is 0 Å². The number of sulfonamides is 1. The minimum Gasteiger partial charge on any atom is -0.497 e. The van der Waals surface area contributed by atoms with Gasteiger partial charge in [-0.15, -0.1) is 0 Å². The molecular weight excluding hydrogens is 426 g/mol. The van der Waals surface area contributed by atoms with Crippen molar-refractivity contribution >= 4 is 22.0 Å². The van der Waals surface area contributed by atoms with Gasteiger partial charge in [0.2, 0.25) is 15.9 Å². The molecule has 0 spiro atoms. The molecule has 7 nitrogen and oxygen atoms in total. The van der Waals surface area contributed by atoms with Crippen molar-refractivity contribution in [1.82, 2.24) is 14.1 Å². The summed E-state index contributed by atoms with van der Waals surface area (Å²) in [7, 11) is -2.22. The molecule has 2 aromatic rings. The number of hydrogen-bond donors (Lipinski definition) is 0. The van der Waals surface area contributed by atoms with E-state index in [1.807, 2.05) is 18.2 Å². The average molecular weight is 458 g/mol. The molecule has 3 rings (SSSR count). The number of likely N-dealkylation sites (N-methyl/N-ethyl adjacent to an activating group) is 1. The fourth-order valence-corrected chi connectivity index (χ4v) is 4.99. The summed E-state index contributed by atoms with van der Waals surface area (Å²) in [6.07, 6.45) is 4.23. The van der Waals surface area contributed by atoms with Gasteiger partial charge in [0, 0.05) is 39.3 Å². The van der Waals surface area contributed by atoms with Crippen LogP contribution in [-0.4, -0.2) is 81.4 Å². The highest BCUT2D eigenvalue weighted by Crippen LogP contribution is 2.19. The number of nitrogens with zero attached hydrogens (tertiary/aromatic N) is 3. The summed E-state index contributed by atoms with van der Waals surface area (Å²) < 4.78 is 32.3. The number of rotatable bonds is 9. The number of amides is 1. The van der Waals surface area contributed by atoms with Crippen molar-refractivity contribution in [3.63, 3.8) is 0 Å². The van der Waals surface area contributed by atoms with Gasteiger partial charge in [-0.3, -0.25) is 9.69 Å². The second-order valence-electron chi connectivity index (χ2n) is 7.60. The van der Waals surface area contributed by atoms with E-state index >= 15 is 0 Å². The molecule has 1 aliphatic heterocycles. The first-order valence-electron chi connectivity index (χ1n) is 10.8. The largest absolute Gasteiger partial charge is 0.497 e. The van der Waals surface area contributed by atoms with E-state index < -0.39 is 10.0 Å². The SMILES string of the molecule is CCN(CC(=O)N1CCN(C/C=C/c2ccccc2)CC1)S(=O)(=O)c1ccc(OC)cc1. The van der Waals surface area contributed by atoms with E-state index in [1.54, 1.807) is 24.0 Å². The molecular formula is C24H31N3O4S. The summed E-state index contributed by atoms with van der Waals surface area (Å²) in [6, 6.07) is 16.4. The van der Waals surface area contributed by atoms with Crippen LogP contribution in [0.3, 0.4) is 0 Å². The lowest BCUT2D eigenvalue weighted by molar-refractivity contribution is -0.133. The summed E-state index contributed by atoms with van der Waals surface area (Å²) in [6.45, 7) is 5.36. The predicted octanol–water partition coefficient (Wildman–Crippen LogP) is 2.56. The fraction of sp³-hybridized carbons (Fsp3) is 0.375. The first-order chi connectivity index (χ1) is 15.4. The molecule has 0 bridgehead atoms. The third-order valence-corrected chi connectivity index (χ3v) is 7.50. The number of benzene rings is 2. The molecule has 0 radical (unpaired) electrons. The topological polar surface area (TPSA) is 70.2 Å². The molecule has 0 saturated carbocycles. The Labute approximate surface area is 190 Å². The molecule has 0 aliphatic carbocycles. The first kappa shape index (κ1) is 24.0. The van der Waals surface area contributed by atoms with Gasteiger partial charge in [-0.25, -0.2) is 8.42 Å². The van der Waals surface area contributed by atoms with Crippen LogP contribution in [-0.2, 0) is 14.8 Å². The van der Waals surface area contributed by atoms with Crippen molar-refractivity contribution in [2.45, 2.75) is 11.8 Å². The van der Waals surface area contributed by atoms with Gasteiger partial charge in [0.15, 0.2) is 0 Å². The van der Waals surface area contributed by atoms with Crippen LogP contribution >= 0.6 is 0 Å². The van der Waals surface area contributed by atoms with Crippen molar-refractivity contribution in [1.29, 1.82) is 0 Å². The highest BCUT2D eigenvalue weighted by Gasteiger charge is 2.28. The van der Waals surface area contributed by atoms with Crippen molar-refractivity contribution < 1.29 is 17.9 Å². The smallest absolute Gasteiger partial charge is 0.243 e. The van der Waals surface area contributed by atoms with Gasteiger partial charge in [-0.1, -0.05) is 49.4 Å². The summed E-state index contributed by atoms with van der Waals surface area (Å²) in [5, 5.41) is 0. The minimum atomic E-state index is -3.75. The maximum Gasteiger partial charge on any atom is 0.243 e. The molecule has 1 heterocycles. The molecule has 0 aromatic heterocycles. The summed E-state index contributed by atoms with van der Waals surface area (Å²) in [4.78, 5) is 17.0. The highest BCUT2D eigenvalue weighted by molar-refractivity contribution is 7.89. The molecule has 1 amide bonds. The monoisotopic (exact) mass is 457 g/mol. The normalized spacial score (nSPS) is 15.4. The Bertz CT molecular complexity index is 999. The van der Waals surface area contributed by atoms with Crippen LogP contribution in [0.5, 0.6) is 5.75 Å². The Morgan fingerprint density at radius 3 is 2.28 bits per heavy atom.